The van der Waals surface area contributed by atoms with E-state index >= 15 is 0 Å². The number of ether oxygens (including phenoxy) is 1. The van der Waals surface area contributed by atoms with Crippen LogP contribution in [0.25, 0.3) is 0 Å². The summed E-state index contributed by atoms with van der Waals surface area (Å²) in [4.78, 5) is 0. The molecule has 0 fully saturated rings. The zero-order valence-corrected chi connectivity index (χ0v) is 9.50. The molecular weight excluding hydrogens is 206 g/mol. The first-order chi connectivity index (χ1) is 7.78. The third-order valence-electron chi connectivity index (χ3n) is 2.10. The molecule has 2 aromatic rings. The molecule has 0 aliphatic carbocycles. The van der Waals surface area contributed by atoms with E-state index in [9.17, 15) is 0 Å². The van der Waals surface area contributed by atoms with Crippen LogP contribution in [0.1, 0.15) is 19.0 Å². The molecule has 0 saturated carbocycles. The first-order valence-electron chi connectivity index (χ1n) is 5.28. The van der Waals surface area contributed by atoms with Crippen molar-refractivity contribution in [2.75, 3.05) is 0 Å². The third-order valence-corrected chi connectivity index (χ3v) is 2.10. The predicted molar refractivity (Wildman–Crippen MR) is 57.9 cm³/mol. The number of aryl methyl sites for hydroxylation is 2. The van der Waals surface area contributed by atoms with Gasteiger partial charge in [0.05, 0.1) is 18.6 Å². The molecule has 2 rings (SSSR count). The zero-order chi connectivity index (χ0) is 11.4. The highest BCUT2D eigenvalue weighted by molar-refractivity contribution is 5.12. The van der Waals surface area contributed by atoms with Crippen molar-refractivity contribution < 1.29 is 4.74 Å². The molecule has 0 amide bonds. The summed E-state index contributed by atoms with van der Waals surface area (Å²) < 4.78 is 9.05. The normalized spacial score (nSPS) is 10.6. The Morgan fingerprint density at radius 3 is 2.94 bits per heavy atom. The average molecular weight is 221 g/mol. The maximum atomic E-state index is 5.53. The molecule has 0 saturated heterocycles. The fourth-order valence-corrected chi connectivity index (χ4v) is 1.39. The molecule has 2 aromatic heterocycles. The van der Waals surface area contributed by atoms with E-state index in [0.717, 1.165) is 24.4 Å². The molecule has 0 atom stereocenters. The summed E-state index contributed by atoms with van der Waals surface area (Å²) in [5, 5.41) is 11.9. The molecule has 0 aliphatic rings. The van der Waals surface area contributed by atoms with Crippen LogP contribution in [0.2, 0.25) is 0 Å². The lowest BCUT2D eigenvalue weighted by atomic mass is 10.5. The number of nitrogens with zero attached hydrogens (tertiary/aromatic N) is 5. The first kappa shape index (κ1) is 10.7. The summed E-state index contributed by atoms with van der Waals surface area (Å²) in [6, 6.07) is 0. The SMILES string of the molecule is CCCn1cc(OCc2cn(C)nn2)cn1. The van der Waals surface area contributed by atoms with E-state index in [1.807, 2.05) is 24.1 Å². The monoisotopic (exact) mass is 221 g/mol. The van der Waals surface area contributed by atoms with Gasteiger partial charge in [-0.15, -0.1) is 5.10 Å². The van der Waals surface area contributed by atoms with Crippen molar-refractivity contribution >= 4 is 0 Å². The molecular formula is C10H15N5O. The largest absolute Gasteiger partial charge is 0.484 e. The highest BCUT2D eigenvalue weighted by Crippen LogP contribution is 2.10. The van der Waals surface area contributed by atoms with Crippen LogP contribution in [0.4, 0.5) is 0 Å². The van der Waals surface area contributed by atoms with Crippen LogP contribution in [-0.4, -0.2) is 24.8 Å². The first-order valence-corrected chi connectivity index (χ1v) is 5.28. The minimum absolute atomic E-state index is 0.422. The Bertz CT molecular complexity index is 448. The van der Waals surface area contributed by atoms with Crippen LogP contribution in [-0.2, 0) is 20.2 Å². The smallest absolute Gasteiger partial charge is 0.157 e. The van der Waals surface area contributed by atoms with Crippen molar-refractivity contribution in [3.05, 3.63) is 24.3 Å². The Kier molecular flexibility index (Phi) is 3.19. The van der Waals surface area contributed by atoms with E-state index in [2.05, 4.69) is 22.3 Å². The second-order valence-corrected chi connectivity index (χ2v) is 3.61. The van der Waals surface area contributed by atoms with Gasteiger partial charge in [-0.1, -0.05) is 12.1 Å². The molecule has 6 heteroatoms. The van der Waals surface area contributed by atoms with Crippen LogP contribution in [0, 0.1) is 0 Å². The highest BCUT2D eigenvalue weighted by Gasteiger charge is 2.02. The highest BCUT2D eigenvalue weighted by atomic mass is 16.5. The Labute approximate surface area is 93.8 Å². The second-order valence-electron chi connectivity index (χ2n) is 3.61. The third kappa shape index (κ3) is 2.59. The van der Waals surface area contributed by atoms with Crippen LogP contribution < -0.4 is 4.74 Å². The van der Waals surface area contributed by atoms with E-state index in [1.165, 1.54) is 0 Å². The number of aromatic nitrogens is 5. The number of hydrogen-bond acceptors (Lipinski definition) is 4. The predicted octanol–water partition coefficient (Wildman–Crippen LogP) is 1.00. The maximum Gasteiger partial charge on any atom is 0.157 e. The topological polar surface area (TPSA) is 57.8 Å². The molecule has 6 nitrogen and oxygen atoms in total. The van der Waals surface area contributed by atoms with Gasteiger partial charge in [0.1, 0.15) is 12.3 Å². The molecule has 0 bridgehead atoms. The van der Waals surface area contributed by atoms with Gasteiger partial charge in [-0.05, 0) is 6.42 Å². The number of hydrogen-bond donors (Lipinski definition) is 0. The van der Waals surface area contributed by atoms with Crippen LogP contribution in [0.15, 0.2) is 18.6 Å². The van der Waals surface area contributed by atoms with E-state index in [4.69, 9.17) is 4.74 Å². The lowest BCUT2D eigenvalue weighted by Crippen LogP contribution is -1.96. The van der Waals surface area contributed by atoms with Crippen molar-refractivity contribution in [1.29, 1.82) is 0 Å². The summed E-state index contributed by atoms with van der Waals surface area (Å²) in [5.74, 6) is 0.763. The quantitative estimate of drug-likeness (QED) is 0.755. The molecule has 16 heavy (non-hydrogen) atoms. The minimum Gasteiger partial charge on any atom is -0.484 e. The lowest BCUT2D eigenvalue weighted by Gasteiger charge is -1.99. The second kappa shape index (κ2) is 4.78. The molecule has 86 valence electrons. The van der Waals surface area contributed by atoms with Crippen LogP contribution in [0.3, 0.4) is 0 Å². The Hall–Kier alpha value is -1.85. The summed E-state index contributed by atoms with van der Waals surface area (Å²) in [5.41, 5.74) is 0.811. The van der Waals surface area contributed by atoms with Gasteiger partial charge < -0.3 is 4.74 Å². The van der Waals surface area contributed by atoms with Crippen LogP contribution in [0.5, 0.6) is 5.75 Å². The summed E-state index contributed by atoms with van der Waals surface area (Å²) in [6.45, 7) is 3.45. The van der Waals surface area contributed by atoms with Gasteiger partial charge in [0.25, 0.3) is 0 Å². The van der Waals surface area contributed by atoms with Gasteiger partial charge in [0, 0.05) is 13.6 Å². The average Bonchev–Trinajstić information content (AvgIpc) is 2.85. The Morgan fingerprint density at radius 2 is 2.25 bits per heavy atom. The molecule has 0 radical (unpaired) electrons. The molecule has 2 heterocycles. The zero-order valence-electron chi connectivity index (χ0n) is 9.50. The van der Waals surface area contributed by atoms with Crippen molar-refractivity contribution in [2.24, 2.45) is 7.05 Å². The van der Waals surface area contributed by atoms with Crippen molar-refractivity contribution in [1.82, 2.24) is 24.8 Å². The van der Waals surface area contributed by atoms with Gasteiger partial charge in [0.2, 0.25) is 0 Å². The van der Waals surface area contributed by atoms with E-state index in [1.54, 1.807) is 10.9 Å². The van der Waals surface area contributed by atoms with Crippen LogP contribution >= 0.6 is 0 Å². The van der Waals surface area contributed by atoms with Gasteiger partial charge in [-0.25, -0.2) is 0 Å². The van der Waals surface area contributed by atoms with Gasteiger partial charge in [-0.3, -0.25) is 9.36 Å². The van der Waals surface area contributed by atoms with E-state index in [-0.39, 0.29) is 0 Å². The lowest BCUT2D eigenvalue weighted by molar-refractivity contribution is 0.300. The maximum absolute atomic E-state index is 5.53. The van der Waals surface area contributed by atoms with Gasteiger partial charge in [-0.2, -0.15) is 5.10 Å². The van der Waals surface area contributed by atoms with E-state index in [0.29, 0.717) is 6.61 Å². The Morgan fingerprint density at radius 1 is 1.38 bits per heavy atom. The molecule has 0 spiro atoms. The summed E-state index contributed by atoms with van der Waals surface area (Å²) in [7, 11) is 1.83. The standard InChI is InChI=1S/C10H15N5O/c1-3-4-15-7-10(5-11-15)16-8-9-6-14(2)13-12-9/h5-7H,3-4,8H2,1-2H3. The van der Waals surface area contributed by atoms with Crippen molar-refractivity contribution in [3.8, 4) is 5.75 Å². The minimum atomic E-state index is 0.422. The Balaban J connectivity index is 1.89. The summed E-state index contributed by atoms with van der Waals surface area (Å²) in [6.07, 6.45) is 6.49. The summed E-state index contributed by atoms with van der Waals surface area (Å²) >= 11 is 0. The fourth-order valence-electron chi connectivity index (χ4n) is 1.39. The van der Waals surface area contributed by atoms with Gasteiger partial charge in [0.15, 0.2) is 5.75 Å². The van der Waals surface area contributed by atoms with E-state index < -0.39 is 0 Å². The molecule has 0 unspecified atom stereocenters. The number of rotatable bonds is 5. The van der Waals surface area contributed by atoms with Crippen molar-refractivity contribution in [2.45, 2.75) is 26.5 Å². The fraction of sp³-hybridized carbons (Fsp3) is 0.500. The van der Waals surface area contributed by atoms with Crippen molar-refractivity contribution in [3.63, 3.8) is 0 Å². The van der Waals surface area contributed by atoms with Gasteiger partial charge >= 0.3 is 0 Å². The molecule has 0 aliphatic heterocycles. The molecule has 0 aromatic carbocycles. The molecule has 0 N–H and O–H groups in total.